The maximum absolute atomic E-state index is 11.8. The Morgan fingerprint density at radius 1 is 1.36 bits per heavy atom. The maximum atomic E-state index is 11.8. The van der Waals surface area contributed by atoms with Gasteiger partial charge in [0.05, 0.1) is 30.3 Å². The lowest BCUT2D eigenvalue weighted by molar-refractivity contribution is -0.384. The Kier molecular flexibility index (Phi) is 4.94. The van der Waals surface area contributed by atoms with E-state index in [-0.39, 0.29) is 17.1 Å². The number of hydrogen-bond acceptors (Lipinski definition) is 7. The summed E-state index contributed by atoms with van der Waals surface area (Å²) in [6.45, 7) is 0.595. The smallest absolute Gasteiger partial charge is 0.315 e. The molecule has 116 valence electrons. The van der Waals surface area contributed by atoms with Crippen LogP contribution in [0.5, 0.6) is 5.75 Å². The van der Waals surface area contributed by atoms with E-state index in [1.54, 1.807) is 0 Å². The predicted octanol–water partition coefficient (Wildman–Crippen LogP) is 0.761. The van der Waals surface area contributed by atoms with Gasteiger partial charge in [-0.25, -0.2) is 0 Å². The SMILES string of the molecule is COc1cc([N+](=O)[O-])ccc1NC(=O)C(=O)NC1=NCCS1. The normalized spacial score (nSPS) is 13.2. The number of aliphatic imine (C=N–C) groups is 1. The number of nitro benzene ring substituents is 1. The summed E-state index contributed by atoms with van der Waals surface area (Å²) in [6, 6.07) is 3.65. The predicted molar refractivity (Wildman–Crippen MR) is 81.2 cm³/mol. The highest BCUT2D eigenvalue weighted by atomic mass is 32.2. The molecule has 0 unspecified atom stereocenters. The molecule has 1 aliphatic heterocycles. The first-order chi connectivity index (χ1) is 10.5. The number of hydrogen-bond donors (Lipinski definition) is 2. The number of amidine groups is 1. The highest BCUT2D eigenvalue weighted by Gasteiger charge is 2.20. The Morgan fingerprint density at radius 3 is 2.68 bits per heavy atom. The van der Waals surface area contributed by atoms with Crippen LogP contribution in [-0.2, 0) is 9.59 Å². The number of anilines is 1. The average Bonchev–Trinajstić information content (AvgIpc) is 3.00. The molecule has 0 aromatic heterocycles. The number of ether oxygens (including phenoxy) is 1. The number of nitrogens with one attached hydrogen (secondary N) is 2. The van der Waals surface area contributed by atoms with Gasteiger partial charge in [-0.2, -0.15) is 0 Å². The molecule has 1 heterocycles. The molecule has 0 saturated heterocycles. The van der Waals surface area contributed by atoms with Crippen molar-refractivity contribution in [1.82, 2.24) is 5.32 Å². The lowest BCUT2D eigenvalue weighted by Gasteiger charge is -2.09. The van der Waals surface area contributed by atoms with Crippen LogP contribution in [0.3, 0.4) is 0 Å². The van der Waals surface area contributed by atoms with Crippen LogP contribution in [0.4, 0.5) is 11.4 Å². The van der Waals surface area contributed by atoms with Gasteiger partial charge >= 0.3 is 11.8 Å². The van der Waals surface area contributed by atoms with Gasteiger partial charge in [0.1, 0.15) is 5.75 Å². The Morgan fingerprint density at radius 2 is 2.09 bits per heavy atom. The second-order valence-corrected chi connectivity index (χ2v) is 5.17. The zero-order valence-corrected chi connectivity index (χ0v) is 12.3. The number of thioether (sulfide) groups is 1. The van der Waals surface area contributed by atoms with Gasteiger partial charge in [-0.1, -0.05) is 11.8 Å². The molecular weight excluding hydrogens is 312 g/mol. The number of carbonyl (C=O) groups is 2. The van der Waals surface area contributed by atoms with Crippen molar-refractivity contribution in [2.24, 2.45) is 4.99 Å². The number of nitro groups is 1. The van der Waals surface area contributed by atoms with Crippen LogP contribution in [0.1, 0.15) is 0 Å². The van der Waals surface area contributed by atoms with Crippen LogP contribution >= 0.6 is 11.8 Å². The van der Waals surface area contributed by atoms with Gasteiger partial charge in [-0.05, 0) is 6.07 Å². The molecule has 0 aliphatic carbocycles. The second-order valence-electron chi connectivity index (χ2n) is 4.09. The molecule has 1 aromatic carbocycles. The van der Waals surface area contributed by atoms with E-state index in [4.69, 9.17) is 4.74 Å². The van der Waals surface area contributed by atoms with Crippen LogP contribution in [0.15, 0.2) is 23.2 Å². The van der Waals surface area contributed by atoms with Crippen molar-refractivity contribution in [1.29, 1.82) is 0 Å². The summed E-state index contributed by atoms with van der Waals surface area (Å²) in [6.07, 6.45) is 0. The van der Waals surface area contributed by atoms with Crippen LogP contribution < -0.4 is 15.4 Å². The van der Waals surface area contributed by atoms with Gasteiger partial charge in [0.2, 0.25) is 0 Å². The van der Waals surface area contributed by atoms with E-state index in [2.05, 4.69) is 15.6 Å². The van der Waals surface area contributed by atoms with E-state index < -0.39 is 16.7 Å². The van der Waals surface area contributed by atoms with E-state index in [0.717, 1.165) is 11.8 Å². The van der Waals surface area contributed by atoms with Crippen molar-refractivity contribution < 1.29 is 19.2 Å². The number of methoxy groups -OCH3 is 1. The second kappa shape index (κ2) is 6.89. The zero-order chi connectivity index (χ0) is 16.1. The molecule has 0 radical (unpaired) electrons. The maximum Gasteiger partial charge on any atom is 0.315 e. The minimum Gasteiger partial charge on any atom is -0.494 e. The number of carbonyl (C=O) groups excluding carboxylic acids is 2. The molecule has 10 heteroatoms. The summed E-state index contributed by atoms with van der Waals surface area (Å²) in [4.78, 5) is 37.6. The summed E-state index contributed by atoms with van der Waals surface area (Å²) in [7, 11) is 1.30. The number of nitrogens with zero attached hydrogens (tertiary/aromatic N) is 2. The van der Waals surface area contributed by atoms with E-state index in [1.165, 1.54) is 31.0 Å². The summed E-state index contributed by atoms with van der Waals surface area (Å²) in [5.41, 5.74) is -0.0229. The fraction of sp³-hybridized carbons (Fsp3) is 0.250. The molecule has 0 saturated carbocycles. The zero-order valence-electron chi connectivity index (χ0n) is 11.5. The van der Waals surface area contributed by atoms with Crippen molar-refractivity contribution in [2.45, 2.75) is 0 Å². The highest BCUT2D eigenvalue weighted by molar-refractivity contribution is 8.14. The Hall–Kier alpha value is -2.62. The Bertz CT molecular complexity index is 661. The van der Waals surface area contributed by atoms with Gasteiger partial charge in [0.25, 0.3) is 5.69 Å². The lowest BCUT2D eigenvalue weighted by atomic mass is 10.2. The standard InChI is InChI=1S/C12H12N4O5S/c1-21-9-6-7(16(19)20)2-3-8(9)14-10(17)11(18)15-12-13-4-5-22-12/h2-3,6H,4-5H2,1H3,(H,14,17)(H,13,15,18). The molecular formula is C12H12N4O5S. The van der Waals surface area contributed by atoms with Crippen LogP contribution in [0.25, 0.3) is 0 Å². The van der Waals surface area contributed by atoms with Gasteiger partial charge in [-0.3, -0.25) is 30.0 Å². The molecule has 22 heavy (non-hydrogen) atoms. The van der Waals surface area contributed by atoms with Crippen molar-refractivity contribution in [3.05, 3.63) is 28.3 Å². The van der Waals surface area contributed by atoms with Crippen molar-refractivity contribution >= 4 is 40.1 Å². The Balaban J connectivity index is 2.07. The molecule has 0 fully saturated rings. The van der Waals surface area contributed by atoms with Crippen molar-refractivity contribution in [2.75, 3.05) is 24.7 Å². The highest BCUT2D eigenvalue weighted by Crippen LogP contribution is 2.28. The summed E-state index contributed by atoms with van der Waals surface area (Å²) < 4.78 is 4.97. The first kappa shape index (κ1) is 15.8. The number of rotatable bonds is 3. The molecule has 2 amide bonds. The topological polar surface area (TPSA) is 123 Å². The monoisotopic (exact) mass is 324 g/mol. The molecule has 1 aromatic rings. The van der Waals surface area contributed by atoms with E-state index in [9.17, 15) is 19.7 Å². The molecule has 0 spiro atoms. The van der Waals surface area contributed by atoms with Gasteiger partial charge in [0, 0.05) is 11.8 Å². The quantitative estimate of drug-likeness (QED) is 0.481. The van der Waals surface area contributed by atoms with Crippen LogP contribution in [0.2, 0.25) is 0 Å². The number of non-ortho nitro benzene ring substituents is 1. The molecule has 2 rings (SSSR count). The van der Waals surface area contributed by atoms with E-state index in [0.29, 0.717) is 11.7 Å². The summed E-state index contributed by atoms with van der Waals surface area (Å²) in [5, 5.41) is 15.8. The first-order valence-corrected chi connectivity index (χ1v) is 7.12. The summed E-state index contributed by atoms with van der Waals surface area (Å²) in [5.74, 6) is -0.938. The third-order valence-corrected chi connectivity index (χ3v) is 3.55. The molecule has 0 bridgehead atoms. The minimum atomic E-state index is -0.914. The van der Waals surface area contributed by atoms with E-state index >= 15 is 0 Å². The van der Waals surface area contributed by atoms with Gasteiger partial charge < -0.3 is 10.1 Å². The fourth-order valence-electron chi connectivity index (χ4n) is 1.64. The molecule has 9 nitrogen and oxygen atoms in total. The minimum absolute atomic E-state index is 0.0860. The molecule has 1 aliphatic rings. The average molecular weight is 324 g/mol. The molecule has 2 N–H and O–H groups in total. The largest absolute Gasteiger partial charge is 0.494 e. The third kappa shape index (κ3) is 3.73. The third-order valence-electron chi connectivity index (χ3n) is 2.66. The number of amides is 2. The van der Waals surface area contributed by atoms with Gasteiger partial charge in [0.15, 0.2) is 5.17 Å². The lowest BCUT2D eigenvalue weighted by Crippen LogP contribution is -2.37. The Labute approximate surface area is 129 Å². The number of benzene rings is 1. The summed E-state index contributed by atoms with van der Waals surface area (Å²) >= 11 is 1.35. The van der Waals surface area contributed by atoms with Crippen molar-refractivity contribution in [3.63, 3.8) is 0 Å². The van der Waals surface area contributed by atoms with E-state index in [1.807, 2.05) is 0 Å². The fourth-order valence-corrected chi connectivity index (χ4v) is 2.36. The molecule has 0 atom stereocenters. The first-order valence-electron chi connectivity index (χ1n) is 6.13. The van der Waals surface area contributed by atoms with Crippen molar-refractivity contribution in [3.8, 4) is 5.75 Å². The van der Waals surface area contributed by atoms with Gasteiger partial charge in [-0.15, -0.1) is 0 Å². The van der Waals surface area contributed by atoms with Crippen LogP contribution in [-0.4, -0.2) is 41.3 Å². The van der Waals surface area contributed by atoms with Crippen LogP contribution in [0, 0.1) is 10.1 Å².